The van der Waals surface area contributed by atoms with Crippen LogP contribution in [-0.2, 0) is 4.79 Å². The lowest BCUT2D eigenvalue weighted by molar-refractivity contribution is -0.137. The minimum atomic E-state index is -0.787. The van der Waals surface area contributed by atoms with E-state index >= 15 is 0 Å². The van der Waals surface area contributed by atoms with Gasteiger partial charge in [-0.1, -0.05) is 58.7 Å². The van der Waals surface area contributed by atoms with E-state index < -0.39 is 5.97 Å². The van der Waals surface area contributed by atoms with Gasteiger partial charge in [0, 0.05) is 17.7 Å². The quantitative estimate of drug-likeness (QED) is 0.321. The van der Waals surface area contributed by atoms with Gasteiger partial charge in [-0.2, -0.15) is 0 Å². The van der Waals surface area contributed by atoms with Crippen LogP contribution < -0.4 is 0 Å². The van der Waals surface area contributed by atoms with Crippen molar-refractivity contribution >= 4 is 52.5 Å². The summed E-state index contributed by atoms with van der Waals surface area (Å²) in [6, 6.07) is 12.7. The molecular formula is C19H16Cl3N3O2S. The van der Waals surface area contributed by atoms with Crippen molar-refractivity contribution in [2.75, 3.05) is 5.75 Å². The standard InChI is InChI=1S/C19H16Cl3N3O2S/c20-14-6-2-1-5-13(14)18-23-24-19(28-10-4-3-7-17(26)27)25(18)12-8-9-15(21)16(22)11-12/h1-2,5-6,8-9,11H,3-4,7,10H2,(H,26,27). The van der Waals surface area contributed by atoms with E-state index in [9.17, 15) is 4.79 Å². The highest BCUT2D eigenvalue weighted by Gasteiger charge is 2.18. The number of carboxylic acids is 1. The number of rotatable bonds is 8. The number of carboxylic acid groups (broad SMARTS) is 1. The van der Waals surface area contributed by atoms with E-state index in [0.29, 0.717) is 32.5 Å². The molecule has 0 atom stereocenters. The molecule has 3 aromatic rings. The maximum absolute atomic E-state index is 10.7. The first-order valence-electron chi connectivity index (χ1n) is 8.47. The van der Waals surface area contributed by atoms with Crippen LogP contribution in [0.25, 0.3) is 17.1 Å². The summed E-state index contributed by atoms with van der Waals surface area (Å²) in [5, 5.41) is 19.5. The van der Waals surface area contributed by atoms with Crippen LogP contribution in [0.2, 0.25) is 15.1 Å². The molecule has 0 fully saturated rings. The van der Waals surface area contributed by atoms with Gasteiger partial charge in [-0.15, -0.1) is 10.2 Å². The Morgan fingerprint density at radius 1 is 1.00 bits per heavy atom. The number of aliphatic carboxylic acids is 1. The first-order chi connectivity index (χ1) is 13.5. The Bertz CT molecular complexity index is 994. The average Bonchev–Trinajstić information content (AvgIpc) is 3.07. The fraction of sp³-hybridized carbons (Fsp3) is 0.211. The zero-order chi connectivity index (χ0) is 20.1. The number of hydrogen-bond acceptors (Lipinski definition) is 4. The van der Waals surface area contributed by atoms with Crippen molar-refractivity contribution in [3.63, 3.8) is 0 Å². The van der Waals surface area contributed by atoms with Gasteiger partial charge in [0.1, 0.15) is 0 Å². The molecule has 5 nitrogen and oxygen atoms in total. The molecule has 2 aromatic carbocycles. The molecule has 0 aliphatic carbocycles. The van der Waals surface area contributed by atoms with Gasteiger partial charge in [-0.05, 0) is 43.2 Å². The number of aromatic nitrogens is 3. The minimum Gasteiger partial charge on any atom is -0.481 e. The molecule has 3 rings (SSSR count). The van der Waals surface area contributed by atoms with E-state index in [2.05, 4.69) is 10.2 Å². The molecule has 0 spiro atoms. The molecule has 0 aliphatic heterocycles. The van der Waals surface area contributed by atoms with Crippen molar-refractivity contribution in [1.29, 1.82) is 0 Å². The number of hydrogen-bond donors (Lipinski definition) is 1. The van der Waals surface area contributed by atoms with Gasteiger partial charge >= 0.3 is 5.97 Å². The van der Waals surface area contributed by atoms with Crippen LogP contribution >= 0.6 is 46.6 Å². The highest BCUT2D eigenvalue weighted by atomic mass is 35.5. The van der Waals surface area contributed by atoms with Gasteiger partial charge < -0.3 is 5.11 Å². The third-order valence-corrected chi connectivity index (χ3v) is 6.01. The second-order valence-corrected chi connectivity index (χ2v) is 8.20. The topological polar surface area (TPSA) is 68.0 Å². The third kappa shape index (κ3) is 5.00. The van der Waals surface area contributed by atoms with Crippen LogP contribution in [0, 0.1) is 0 Å². The van der Waals surface area contributed by atoms with Crippen molar-refractivity contribution in [3.8, 4) is 17.1 Å². The largest absolute Gasteiger partial charge is 0.481 e. The monoisotopic (exact) mass is 455 g/mol. The molecule has 0 radical (unpaired) electrons. The smallest absolute Gasteiger partial charge is 0.303 e. The van der Waals surface area contributed by atoms with Crippen molar-refractivity contribution in [3.05, 3.63) is 57.5 Å². The fourth-order valence-corrected chi connectivity index (χ4v) is 4.04. The van der Waals surface area contributed by atoms with Crippen LogP contribution in [0.4, 0.5) is 0 Å². The van der Waals surface area contributed by atoms with E-state index in [4.69, 9.17) is 39.9 Å². The number of nitrogens with zero attached hydrogens (tertiary/aromatic N) is 3. The summed E-state index contributed by atoms with van der Waals surface area (Å²) in [7, 11) is 0. The van der Waals surface area contributed by atoms with Gasteiger partial charge in [0.05, 0.1) is 20.8 Å². The zero-order valence-electron chi connectivity index (χ0n) is 14.6. The van der Waals surface area contributed by atoms with Crippen LogP contribution in [0.15, 0.2) is 47.6 Å². The average molecular weight is 457 g/mol. The van der Waals surface area contributed by atoms with Crippen molar-refractivity contribution in [1.82, 2.24) is 14.8 Å². The Kier molecular flexibility index (Phi) is 7.24. The van der Waals surface area contributed by atoms with Crippen molar-refractivity contribution in [2.45, 2.75) is 24.4 Å². The number of thioether (sulfide) groups is 1. The summed E-state index contributed by atoms with van der Waals surface area (Å²) < 4.78 is 1.88. The fourth-order valence-electron chi connectivity index (χ4n) is 2.58. The molecule has 1 N–H and O–H groups in total. The number of carbonyl (C=O) groups is 1. The maximum Gasteiger partial charge on any atom is 0.303 e. The Labute approximate surface area is 181 Å². The van der Waals surface area contributed by atoms with Gasteiger partial charge in [-0.25, -0.2) is 0 Å². The lowest BCUT2D eigenvalue weighted by Gasteiger charge is -2.12. The Hall–Kier alpha value is -1.73. The molecular weight excluding hydrogens is 441 g/mol. The molecule has 146 valence electrons. The summed E-state index contributed by atoms with van der Waals surface area (Å²) in [6.45, 7) is 0. The van der Waals surface area contributed by atoms with Crippen LogP contribution in [-0.4, -0.2) is 31.6 Å². The van der Waals surface area contributed by atoms with E-state index in [1.807, 2.05) is 28.8 Å². The molecule has 0 aliphatic rings. The zero-order valence-corrected chi connectivity index (χ0v) is 17.7. The second-order valence-electron chi connectivity index (χ2n) is 5.92. The molecule has 0 bridgehead atoms. The van der Waals surface area contributed by atoms with E-state index in [0.717, 1.165) is 23.4 Å². The summed E-state index contributed by atoms with van der Waals surface area (Å²) in [5.41, 5.74) is 1.52. The van der Waals surface area contributed by atoms with Crippen LogP contribution in [0.5, 0.6) is 0 Å². The van der Waals surface area contributed by atoms with Gasteiger partial charge in [-0.3, -0.25) is 9.36 Å². The summed E-state index contributed by atoms with van der Waals surface area (Å²) in [4.78, 5) is 10.7. The predicted octanol–water partition coefficient (Wildman–Crippen LogP) is 6.24. The predicted molar refractivity (Wildman–Crippen MR) is 114 cm³/mol. The molecule has 9 heteroatoms. The van der Waals surface area contributed by atoms with E-state index in [1.54, 1.807) is 18.2 Å². The summed E-state index contributed by atoms with van der Waals surface area (Å²) >= 11 is 20.1. The molecule has 0 unspecified atom stereocenters. The Balaban J connectivity index is 1.95. The SMILES string of the molecule is O=C(O)CCCCSc1nnc(-c2ccccc2Cl)n1-c1ccc(Cl)c(Cl)c1. The Morgan fingerprint density at radius 3 is 2.50 bits per heavy atom. The highest BCUT2D eigenvalue weighted by Crippen LogP contribution is 2.34. The molecule has 1 heterocycles. The number of unbranched alkanes of at least 4 members (excludes halogenated alkanes) is 1. The van der Waals surface area contributed by atoms with Crippen LogP contribution in [0.3, 0.4) is 0 Å². The normalized spacial score (nSPS) is 11.0. The molecule has 0 saturated carbocycles. The van der Waals surface area contributed by atoms with Crippen molar-refractivity contribution < 1.29 is 9.90 Å². The van der Waals surface area contributed by atoms with E-state index in [-0.39, 0.29) is 6.42 Å². The Morgan fingerprint density at radius 2 is 1.79 bits per heavy atom. The molecule has 0 saturated heterocycles. The molecule has 0 amide bonds. The second kappa shape index (κ2) is 9.65. The summed E-state index contributed by atoms with van der Waals surface area (Å²) in [5.74, 6) is 0.525. The maximum atomic E-state index is 10.7. The third-order valence-electron chi connectivity index (χ3n) is 3.93. The summed E-state index contributed by atoms with van der Waals surface area (Å²) in [6.07, 6.45) is 1.53. The highest BCUT2D eigenvalue weighted by molar-refractivity contribution is 7.99. The number of benzene rings is 2. The first-order valence-corrected chi connectivity index (χ1v) is 10.6. The number of halogens is 3. The first kappa shape index (κ1) is 21.0. The molecule has 1 aromatic heterocycles. The lowest BCUT2D eigenvalue weighted by atomic mass is 10.2. The van der Waals surface area contributed by atoms with E-state index in [1.165, 1.54) is 11.8 Å². The van der Waals surface area contributed by atoms with Gasteiger partial charge in [0.15, 0.2) is 11.0 Å². The van der Waals surface area contributed by atoms with Crippen LogP contribution in [0.1, 0.15) is 19.3 Å². The van der Waals surface area contributed by atoms with Gasteiger partial charge in [0.2, 0.25) is 0 Å². The van der Waals surface area contributed by atoms with Crippen molar-refractivity contribution in [2.24, 2.45) is 0 Å². The lowest BCUT2D eigenvalue weighted by Crippen LogP contribution is -2.01. The van der Waals surface area contributed by atoms with Gasteiger partial charge in [0.25, 0.3) is 0 Å². The molecule has 28 heavy (non-hydrogen) atoms. The minimum absolute atomic E-state index is 0.158.